The molecule has 5 heteroatoms. The molecule has 2 rings (SSSR count). The number of nitrogens with zero attached hydrogens (tertiary/aromatic N) is 2. The molecule has 1 aliphatic heterocycles. The van der Waals surface area contributed by atoms with Crippen molar-refractivity contribution in [3.63, 3.8) is 0 Å². The predicted molar refractivity (Wildman–Crippen MR) is 79.8 cm³/mol. The Morgan fingerprint density at radius 3 is 2.75 bits per heavy atom. The Balaban J connectivity index is 1.95. The summed E-state index contributed by atoms with van der Waals surface area (Å²) in [6, 6.07) is 5.35. The molecule has 0 bridgehead atoms. The number of nitro groups is 1. The molecule has 1 aromatic rings. The highest BCUT2D eigenvalue weighted by atomic mass is 16.6. The van der Waals surface area contributed by atoms with Gasteiger partial charge in [0.1, 0.15) is 0 Å². The van der Waals surface area contributed by atoms with Gasteiger partial charge in [-0.05, 0) is 31.4 Å². The van der Waals surface area contributed by atoms with E-state index in [1.165, 1.54) is 0 Å². The van der Waals surface area contributed by atoms with Crippen molar-refractivity contribution in [1.29, 1.82) is 0 Å². The molecule has 0 amide bonds. The molecule has 20 heavy (non-hydrogen) atoms. The molecule has 106 valence electrons. The number of hydrogen-bond acceptors (Lipinski definition) is 4. The van der Waals surface area contributed by atoms with Gasteiger partial charge >= 0.3 is 0 Å². The van der Waals surface area contributed by atoms with Crippen LogP contribution >= 0.6 is 0 Å². The van der Waals surface area contributed by atoms with Crippen LogP contribution in [0.15, 0.2) is 18.2 Å². The molecule has 0 radical (unpaired) electrons. The quantitative estimate of drug-likeness (QED) is 0.520. The summed E-state index contributed by atoms with van der Waals surface area (Å²) in [7, 11) is 0. The Morgan fingerprint density at radius 2 is 2.20 bits per heavy atom. The molecule has 1 aromatic carbocycles. The van der Waals surface area contributed by atoms with Gasteiger partial charge in [0.05, 0.1) is 11.5 Å². The van der Waals surface area contributed by atoms with Crippen molar-refractivity contribution in [3.8, 4) is 12.3 Å². The third-order valence-electron chi connectivity index (χ3n) is 3.68. The van der Waals surface area contributed by atoms with E-state index in [-0.39, 0.29) is 10.6 Å². The van der Waals surface area contributed by atoms with Gasteiger partial charge in [-0.25, -0.2) is 0 Å². The van der Waals surface area contributed by atoms with Crippen LogP contribution in [0.3, 0.4) is 0 Å². The Labute approximate surface area is 119 Å². The maximum absolute atomic E-state index is 10.7. The molecule has 1 heterocycles. The fourth-order valence-corrected chi connectivity index (χ4v) is 2.51. The lowest BCUT2D eigenvalue weighted by Crippen LogP contribution is -2.39. The first-order chi connectivity index (χ1) is 9.60. The largest absolute Gasteiger partial charge is 0.382 e. The minimum absolute atomic E-state index is 0.136. The van der Waals surface area contributed by atoms with Crippen molar-refractivity contribution >= 4 is 11.4 Å². The van der Waals surface area contributed by atoms with Gasteiger partial charge in [-0.3, -0.25) is 15.0 Å². The molecule has 0 aliphatic carbocycles. The zero-order valence-corrected chi connectivity index (χ0v) is 11.6. The number of benzene rings is 1. The van der Waals surface area contributed by atoms with Gasteiger partial charge in [-0.15, -0.1) is 6.42 Å². The van der Waals surface area contributed by atoms with Crippen LogP contribution in [-0.4, -0.2) is 35.5 Å². The van der Waals surface area contributed by atoms with E-state index in [1.54, 1.807) is 18.2 Å². The molecular formula is C15H19N3O2. The number of likely N-dealkylation sites (tertiary alicyclic amines) is 1. The van der Waals surface area contributed by atoms with Crippen LogP contribution in [0.4, 0.5) is 11.4 Å². The Hall–Kier alpha value is -2.06. The van der Waals surface area contributed by atoms with Crippen LogP contribution in [0.1, 0.15) is 18.4 Å². The first-order valence-corrected chi connectivity index (χ1v) is 6.77. The highest BCUT2D eigenvalue weighted by molar-refractivity contribution is 5.55. The zero-order chi connectivity index (χ0) is 14.5. The van der Waals surface area contributed by atoms with Gasteiger partial charge in [0.2, 0.25) is 0 Å². The summed E-state index contributed by atoms with van der Waals surface area (Å²) in [5.41, 5.74) is 2.02. The fraction of sp³-hybridized carbons (Fsp3) is 0.467. The number of nitrogens with one attached hydrogen (secondary N) is 1. The second kappa shape index (κ2) is 6.40. The van der Waals surface area contributed by atoms with Gasteiger partial charge in [0, 0.05) is 37.0 Å². The van der Waals surface area contributed by atoms with E-state index >= 15 is 0 Å². The van der Waals surface area contributed by atoms with Crippen LogP contribution in [0.2, 0.25) is 0 Å². The van der Waals surface area contributed by atoms with Gasteiger partial charge in [0.25, 0.3) is 5.69 Å². The van der Waals surface area contributed by atoms with Crippen LogP contribution < -0.4 is 5.32 Å². The number of aryl methyl sites for hydroxylation is 1. The Kier molecular flexibility index (Phi) is 4.59. The summed E-state index contributed by atoms with van der Waals surface area (Å²) in [6.45, 7) is 4.59. The van der Waals surface area contributed by atoms with E-state index in [0.717, 1.165) is 37.2 Å². The molecule has 1 aliphatic rings. The van der Waals surface area contributed by atoms with E-state index in [0.29, 0.717) is 12.6 Å². The average molecular weight is 273 g/mol. The van der Waals surface area contributed by atoms with Crippen LogP contribution in [0.5, 0.6) is 0 Å². The number of non-ortho nitro benzene ring substituents is 1. The number of anilines is 1. The molecule has 1 saturated heterocycles. The van der Waals surface area contributed by atoms with Crippen LogP contribution in [0.25, 0.3) is 0 Å². The third kappa shape index (κ3) is 3.49. The van der Waals surface area contributed by atoms with Gasteiger partial charge < -0.3 is 5.32 Å². The van der Waals surface area contributed by atoms with Crippen molar-refractivity contribution in [2.24, 2.45) is 0 Å². The first-order valence-electron chi connectivity index (χ1n) is 6.77. The lowest BCUT2D eigenvalue weighted by Gasteiger charge is -2.31. The van der Waals surface area contributed by atoms with E-state index in [4.69, 9.17) is 6.42 Å². The van der Waals surface area contributed by atoms with Crippen LogP contribution in [-0.2, 0) is 0 Å². The van der Waals surface area contributed by atoms with Gasteiger partial charge in [-0.1, -0.05) is 5.92 Å². The van der Waals surface area contributed by atoms with Crippen LogP contribution in [0, 0.1) is 29.4 Å². The zero-order valence-electron chi connectivity index (χ0n) is 11.6. The highest BCUT2D eigenvalue weighted by Gasteiger charge is 2.19. The summed E-state index contributed by atoms with van der Waals surface area (Å²) in [6.07, 6.45) is 7.39. The van der Waals surface area contributed by atoms with Crippen molar-refractivity contribution < 1.29 is 4.92 Å². The van der Waals surface area contributed by atoms with E-state index in [1.807, 2.05) is 6.92 Å². The molecule has 0 saturated carbocycles. The molecular weight excluding hydrogens is 254 g/mol. The number of rotatable bonds is 4. The SMILES string of the molecule is C#CCN1CCC(Nc2ccc([N+](=O)[O-])cc2C)CC1. The number of piperidine rings is 1. The summed E-state index contributed by atoms with van der Waals surface area (Å²) >= 11 is 0. The molecule has 0 unspecified atom stereocenters. The molecule has 0 spiro atoms. The van der Waals surface area contributed by atoms with E-state index < -0.39 is 0 Å². The fourth-order valence-electron chi connectivity index (χ4n) is 2.51. The molecule has 1 N–H and O–H groups in total. The molecule has 1 fully saturated rings. The summed E-state index contributed by atoms with van der Waals surface area (Å²) < 4.78 is 0. The van der Waals surface area contributed by atoms with Gasteiger partial charge in [-0.2, -0.15) is 0 Å². The number of terminal acetylenes is 1. The second-order valence-corrected chi connectivity index (χ2v) is 5.16. The monoisotopic (exact) mass is 273 g/mol. The number of nitro benzene ring substituents is 1. The summed E-state index contributed by atoms with van der Waals surface area (Å²) in [4.78, 5) is 12.6. The van der Waals surface area contributed by atoms with Crippen molar-refractivity contribution in [2.75, 3.05) is 25.0 Å². The summed E-state index contributed by atoms with van der Waals surface area (Å²) in [5.74, 6) is 2.67. The average Bonchev–Trinajstić information content (AvgIpc) is 2.43. The van der Waals surface area contributed by atoms with Crippen molar-refractivity contribution in [2.45, 2.75) is 25.8 Å². The highest BCUT2D eigenvalue weighted by Crippen LogP contribution is 2.23. The minimum atomic E-state index is -0.366. The van der Waals surface area contributed by atoms with Crippen molar-refractivity contribution in [3.05, 3.63) is 33.9 Å². The Bertz CT molecular complexity index is 528. The Morgan fingerprint density at radius 1 is 1.50 bits per heavy atom. The predicted octanol–water partition coefficient (Wildman–Crippen LogP) is 2.41. The smallest absolute Gasteiger partial charge is 0.269 e. The lowest BCUT2D eigenvalue weighted by molar-refractivity contribution is -0.384. The molecule has 5 nitrogen and oxygen atoms in total. The topological polar surface area (TPSA) is 58.4 Å². The van der Waals surface area contributed by atoms with E-state index in [2.05, 4.69) is 16.1 Å². The normalized spacial score (nSPS) is 16.6. The van der Waals surface area contributed by atoms with Gasteiger partial charge in [0.15, 0.2) is 0 Å². The van der Waals surface area contributed by atoms with E-state index in [9.17, 15) is 10.1 Å². The maximum atomic E-state index is 10.7. The third-order valence-corrected chi connectivity index (χ3v) is 3.68. The standard InChI is InChI=1S/C15H19N3O2/c1-3-8-17-9-6-13(7-10-17)16-15-5-4-14(18(19)20)11-12(15)2/h1,4-5,11,13,16H,6-10H2,2H3. The summed E-state index contributed by atoms with van der Waals surface area (Å²) in [5, 5.41) is 14.2. The van der Waals surface area contributed by atoms with Crippen molar-refractivity contribution in [1.82, 2.24) is 4.90 Å². The minimum Gasteiger partial charge on any atom is -0.382 e. The first kappa shape index (κ1) is 14.4. The molecule has 0 aromatic heterocycles. The lowest BCUT2D eigenvalue weighted by atomic mass is 10.0. The maximum Gasteiger partial charge on any atom is 0.269 e. The second-order valence-electron chi connectivity index (χ2n) is 5.16. The number of hydrogen-bond donors (Lipinski definition) is 1. The molecule has 0 atom stereocenters.